The molecule has 0 atom stereocenters. The van der Waals surface area contributed by atoms with Crippen LogP contribution in [0.15, 0.2) is 40.0 Å². The van der Waals surface area contributed by atoms with E-state index < -0.39 is 0 Å². The number of amides is 1. The van der Waals surface area contributed by atoms with Gasteiger partial charge in [-0.05, 0) is 6.92 Å². The Labute approximate surface area is 143 Å². The zero-order valence-electron chi connectivity index (χ0n) is 13.4. The van der Waals surface area contributed by atoms with Gasteiger partial charge in [-0.3, -0.25) is 15.2 Å². The summed E-state index contributed by atoms with van der Waals surface area (Å²) in [5.41, 5.74) is 2.79. The molecule has 124 valence electrons. The summed E-state index contributed by atoms with van der Waals surface area (Å²) in [6.07, 6.45) is 0.777. The summed E-state index contributed by atoms with van der Waals surface area (Å²) in [7, 11) is 0. The molecule has 2 N–H and O–H groups in total. The van der Waals surface area contributed by atoms with Crippen LogP contribution in [0.1, 0.15) is 18.3 Å². The van der Waals surface area contributed by atoms with E-state index in [4.69, 9.17) is 4.52 Å². The SMILES string of the molecule is CCc1nc(SCC(=O)Nc2cc(-c3ccc(C)cc3)no2)n[nH]1. The van der Waals surface area contributed by atoms with E-state index in [1.807, 2.05) is 38.1 Å². The fraction of sp³-hybridized carbons (Fsp3) is 0.250. The van der Waals surface area contributed by atoms with Gasteiger partial charge in [-0.2, -0.15) is 0 Å². The molecule has 2 heterocycles. The number of hydrogen-bond acceptors (Lipinski definition) is 6. The van der Waals surface area contributed by atoms with E-state index in [1.165, 1.54) is 17.3 Å². The maximum absolute atomic E-state index is 12.0. The summed E-state index contributed by atoms with van der Waals surface area (Å²) in [6.45, 7) is 4.00. The second-order valence-corrected chi connectivity index (χ2v) is 6.14. The largest absolute Gasteiger partial charge is 0.338 e. The number of carbonyl (C=O) groups is 1. The van der Waals surface area contributed by atoms with E-state index in [-0.39, 0.29) is 11.7 Å². The van der Waals surface area contributed by atoms with Crippen molar-refractivity contribution in [3.8, 4) is 11.3 Å². The Kier molecular flexibility index (Phi) is 4.95. The maximum atomic E-state index is 12.0. The summed E-state index contributed by atoms with van der Waals surface area (Å²) < 4.78 is 5.16. The number of nitrogens with one attached hydrogen (secondary N) is 2. The van der Waals surface area contributed by atoms with Gasteiger partial charge >= 0.3 is 0 Å². The molecule has 0 aliphatic carbocycles. The molecule has 2 aromatic heterocycles. The third kappa shape index (κ3) is 4.02. The number of aromatic amines is 1. The summed E-state index contributed by atoms with van der Waals surface area (Å²) in [5, 5.41) is 14.1. The van der Waals surface area contributed by atoms with Crippen LogP contribution < -0.4 is 5.32 Å². The first kappa shape index (κ1) is 16.3. The second-order valence-electron chi connectivity index (χ2n) is 5.20. The van der Waals surface area contributed by atoms with Crippen LogP contribution in [0.4, 0.5) is 5.88 Å². The first-order valence-corrected chi connectivity index (χ1v) is 8.50. The molecule has 3 aromatic rings. The number of thioether (sulfide) groups is 1. The maximum Gasteiger partial charge on any atom is 0.237 e. The van der Waals surface area contributed by atoms with Crippen molar-refractivity contribution in [3.63, 3.8) is 0 Å². The molecule has 0 radical (unpaired) electrons. The monoisotopic (exact) mass is 343 g/mol. The van der Waals surface area contributed by atoms with Crippen LogP contribution in [0.3, 0.4) is 0 Å². The molecule has 0 spiro atoms. The molecule has 3 rings (SSSR count). The smallest absolute Gasteiger partial charge is 0.237 e. The second kappa shape index (κ2) is 7.31. The fourth-order valence-electron chi connectivity index (χ4n) is 2.00. The predicted molar refractivity (Wildman–Crippen MR) is 91.8 cm³/mol. The predicted octanol–water partition coefficient (Wildman–Crippen LogP) is 3.06. The zero-order chi connectivity index (χ0) is 16.9. The molecule has 0 saturated heterocycles. The lowest BCUT2D eigenvalue weighted by Gasteiger charge is -1.98. The van der Waals surface area contributed by atoms with Gasteiger partial charge in [-0.15, -0.1) is 5.10 Å². The minimum absolute atomic E-state index is 0.196. The summed E-state index contributed by atoms with van der Waals surface area (Å²) >= 11 is 1.26. The topological polar surface area (TPSA) is 96.7 Å². The zero-order valence-corrected chi connectivity index (χ0v) is 14.2. The van der Waals surface area contributed by atoms with Crippen LogP contribution in [-0.4, -0.2) is 32.0 Å². The number of aromatic nitrogens is 4. The van der Waals surface area contributed by atoms with Crippen molar-refractivity contribution >= 4 is 23.6 Å². The molecular formula is C16H17N5O2S. The molecule has 0 fully saturated rings. The van der Waals surface area contributed by atoms with Crippen molar-refractivity contribution in [2.45, 2.75) is 25.4 Å². The van der Waals surface area contributed by atoms with Crippen LogP contribution in [0, 0.1) is 6.92 Å². The van der Waals surface area contributed by atoms with Crippen LogP contribution in [0.2, 0.25) is 0 Å². The van der Waals surface area contributed by atoms with E-state index >= 15 is 0 Å². The first-order chi connectivity index (χ1) is 11.6. The summed E-state index contributed by atoms with van der Waals surface area (Å²) in [4.78, 5) is 16.2. The molecule has 7 nitrogen and oxygen atoms in total. The van der Waals surface area contributed by atoms with Crippen molar-refractivity contribution in [2.24, 2.45) is 0 Å². The molecule has 0 bridgehead atoms. The number of H-pyrrole nitrogens is 1. The Balaban J connectivity index is 1.56. The van der Waals surface area contributed by atoms with Gasteiger partial charge in [0, 0.05) is 18.1 Å². The third-order valence-electron chi connectivity index (χ3n) is 3.30. The minimum Gasteiger partial charge on any atom is -0.338 e. The van der Waals surface area contributed by atoms with Crippen molar-refractivity contribution in [1.82, 2.24) is 20.3 Å². The van der Waals surface area contributed by atoms with Crippen molar-refractivity contribution in [1.29, 1.82) is 0 Å². The molecule has 0 aliphatic heterocycles. The van der Waals surface area contributed by atoms with Gasteiger partial charge in [0.2, 0.25) is 16.9 Å². The van der Waals surface area contributed by atoms with Crippen molar-refractivity contribution < 1.29 is 9.32 Å². The quantitative estimate of drug-likeness (QED) is 0.668. The van der Waals surface area contributed by atoms with E-state index in [0.717, 1.165) is 17.8 Å². The summed E-state index contributed by atoms with van der Waals surface area (Å²) in [5.74, 6) is 1.12. The minimum atomic E-state index is -0.200. The Morgan fingerprint density at radius 1 is 1.33 bits per heavy atom. The molecule has 0 aliphatic rings. The van der Waals surface area contributed by atoms with E-state index in [1.54, 1.807) is 6.07 Å². The molecule has 1 aromatic carbocycles. The number of rotatable bonds is 6. The first-order valence-electron chi connectivity index (χ1n) is 7.51. The number of aryl methyl sites for hydroxylation is 2. The Bertz CT molecular complexity index is 825. The average Bonchev–Trinajstić information content (AvgIpc) is 3.23. The highest BCUT2D eigenvalue weighted by molar-refractivity contribution is 7.99. The third-order valence-corrected chi connectivity index (χ3v) is 4.15. The Morgan fingerprint density at radius 3 is 2.83 bits per heavy atom. The Morgan fingerprint density at radius 2 is 2.12 bits per heavy atom. The fourth-order valence-corrected chi connectivity index (χ4v) is 2.62. The lowest BCUT2D eigenvalue weighted by molar-refractivity contribution is -0.113. The number of anilines is 1. The van der Waals surface area contributed by atoms with Gasteiger partial charge < -0.3 is 4.52 Å². The van der Waals surface area contributed by atoms with E-state index in [0.29, 0.717) is 16.7 Å². The van der Waals surface area contributed by atoms with Gasteiger partial charge in [0.05, 0.1) is 5.75 Å². The number of nitrogens with zero attached hydrogens (tertiary/aromatic N) is 3. The van der Waals surface area contributed by atoms with Gasteiger partial charge in [-0.25, -0.2) is 4.98 Å². The van der Waals surface area contributed by atoms with Crippen LogP contribution in [-0.2, 0) is 11.2 Å². The normalized spacial score (nSPS) is 10.8. The average molecular weight is 343 g/mol. The van der Waals surface area contributed by atoms with Crippen molar-refractivity contribution in [3.05, 3.63) is 41.7 Å². The lowest BCUT2D eigenvalue weighted by atomic mass is 10.1. The number of hydrogen-bond donors (Lipinski definition) is 2. The van der Waals surface area contributed by atoms with E-state index in [9.17, 15) is 4.79 Å². The molecule has 8 heteroatoms. The highest BCUT2D eigenvalue weighted by Gasteiger charge is 2.11. The number of carbonyl (C=O) groups excluding carboxylic acids is 1. The van der Waals surface area contributed by atoms with Crippen LogP contribution >= 0.6 is 11.8 Å². The van der Waals surface area contributed by atoms with Crippen molar-refractivity contribution in [2.75, 3.05) is 11.1 Å². The standard InChI is InChI=1S/C16H17N5O2S/c1-3-13-17-16(20-19-13)24-9-14(22)18-15-8-12(21-23-15)11-6-4-10(2)5-7-11/h4-8H,3,9H2,1-2H3,(H,18,22)(H,17,19,20). The van der Waals surface area contributed by atoms with Gasteiger partial charge in [0.15, 0.2) is 0 Å². The molecule has 0 saturated carbocycles. The summed E-state index contributed by atoms with van der Waals surface area (Å²) in [6, 6.07) is 9.63. The van der Waals surface area contributed by atoms with Gasteiger partial charge in [0.1, 0.15) is 11.5 Å². The van der Waals surface area contributed by atoms with E-state index in [2.05, 4.69) is 25.7 Å². The van der Waals surface area contributed by atoms with Gasteiger partial charge in [0.25, 0.3) is 0 Å². The van der Waals surface area contributed by atoms with Crippen LogP contribution in [0.5, 0.6) is 0 Å². The van der Waals surface area contributed by atoms with Crippen LogP contribution in [0.25, 0.3) is 11.3 Å². The molecular weight excluding hydrogens is 326 g/mol. The van der Waals surface area contributed by atoms with Gasteiger partial charge in [-0.1, -0.05) is 53.7 Å². The number of benzene rings is 1. The lowest BCUT2D eigenvalue weighted by Crippen LogP contribution is -2.13. The molecule has 24 heavy (non-hydrogen) atoms. The highest BCUT2D eigenvalue weighted by atomic mass is 32.2. The molecule has 0 unspecified atom stereocenters. The highest BCUT2D eigenvalue weighted by Crippen LogP contribution is 2.22. The molecule has 1 amide bonds. The Hall–Kier alpha value is -2.61.